The first-order valence-corrected chi connectivity index (χ1v) is 6.77. The summed E-state index contributed by atoms with van der Waals surface area (Å²) in [6, 6.07) is 7.70. The molecule has 1 aromatic carbocycles. The normalized spacial score (nSPS) is 10.4. The zero-order valence-electron chi connectivity index (χ0n) is 10.5. The molecule has 1 aromatic heterocycles. The monoisotopic (exact) mass is 275 g/mol. The molecule has 0 aliphatic heterocycles. The highest BCUT2D eigenvalue weighted by atomic mass is 32.2. The number of aromatic nitrogens is 2. The Balaban J connectivity index is 2.48. The zero-order chi connectivity index (χ0) is 14.0. The second-order valence-electron chi connectivity index (χ2n) is 3.93. The van der Waals surface area contributed by atoms with Gasteiger partial charge in [0.15, 0.2) is 5.82 Å². The molecule has 5 nitrogen and oxygen atoms in total. The number of thioether (sulfide) groups is 1. The number of rotatable bonds is 3. The predicted octanol–water partition coefficient (Wildman–Crippen LogP) is 2.45. The number of hydrogen-bond donors (Lipinski definition) is 2. The van der Waals surface area contributed by atoms with Gasteiger partial charge >= 0.3 is 5.97 Å². The third-order valence-electron chi connectivity index (χ3n) is 2.68. The van der Waals surface area contributed by atoms with Crippen LogP contribution in [0.5, 0.6) is 0 Å². The van der Waals surface area contributed by atoms with Crippen LogP contribution >= 0.6 is 11.8 Å². The van der Waals surface area contributed by atoms with Crippen molar-refractivity contribution < 1.29 is 9.90 Å². The smallest absolute Gasteiger partial charge is 0.341 e. The standard InChI is InChI=1S/C13H13N3O2S/c1-7-10(13(17)18)11(14)16-12(15-7)8-3-5-9(19-2)6-4-8/h3-6H,1-2H3,(H,17,18)(H2,14,15,16). The summed E-state index contributed by atoms with van der Waals surface area (Å²) in [5.74, 6) is -0.684. The van der Waals surface area contributed by atoms with E-state index >= 15 is 0 Å². The van der Waals surface area contributed by atoms with Crippen molar-refractivity contribution in [2.75, 3.05) is 12.0 Å². The Kier molecular flexibility index (Phi) is 3.71. The Morgan fingerprint density at radius 1 is 1.26 bits per heavy atom. The lowest BCUT2D eigenvalue weighted by Gasteiger charge is -2.07. The number of carboxylic acids is 1. The molecule has 1 heterocycles. The van der Waals surface area contributed by atoms with Crippen LogP contribution in [-0.4, -0.2) is 27.3 Å². The minimum atomic E-state index is -1.11. The topological polar surface area (TPSA) is 89.1 Å². The molecule has 0 aliphatic carbocycles. The van der Waals surface area contributed by atoms with E-state index in [1.807, 2.05) is 30.5 Å². The molecule has 0 amide bonds. The number of anilines is 1. The van der Waals surface area contributed by atoms with Crippen LogP contribution in [0.2, 0.25) is 0 Å². The van der Waals surface area contributed by atoms with Gasteiger partial charge in [-0.25, -0.2) is 14.8 Å². The van der Waals surface area contributed by atoms with Gasteiger partial charge in [0.05, 0.1) is 5.69 Å². The van der Waals surface area contributed by atoms with Crippen molar-refractivity contribution >= 4 is 23.5 Å². The summed E-state index contributed by atoms with van der Waals surface area (Å²) in [4.78, 5) is 20.4. The maximum atomic E-state index is 11.0. The highest BCUT2D eigenvalue weighted by Gasteiger charge is 2.16. The number of hydrogen-bond acceptors (Lipinski definition) is 5. The second kappa shape index (κ2) is 5.27. The summed E-state index contributed by atoms with van der Waals surface area (Å²) in [7, 11) is 0. The molecule has 3 N–H and O–H groups in total. The van der Waals surface area contributed by atoms with Gasteiger partial charge in [-0.1, -0.05) is 12.1 Å². The molecular formula is C13H13N3O2S. The summed E-state index contributed by atoms with van der Waals surface area (Å²) in [6.07, 6.45) is 2.00. The lowest BCUT2D eigenvalue weighted by atomic mass is 10.1. The van der Waals surface area contributed by atoms with E-state index in [-0.39, 0.29) is 11.4 Å². The molecule has 98 valence electrons. The van der Waals surface area contributed by atoms with E-state index in [1.165, 1.54) is 0 Å². The fraction of sp³-hybridized carbons (Fsp3) is 0.154. The van der Waals surface area contributed by atoms with Crippen molar-refractivity contribution in [2.45, 2.75) is 11.8 Å². The largest absolute Gasteiger partial charge is 0.477 e. The Bertz CT molecular complexity index is 603. The van der Waals surface area contributed by atoms with Crippen LogP contribution in [0.15, 0.2) is 29.2 Å². The molecule has 0 aliphatic rings. The fourth-order valence-corrected chi connectivity index (χ4v) is 2.14. The van der Waals surface area contributed by atoms with Crippen molar-refractivity contribution in [1.82, 2.24) is 9.97 Å². The van der Waals surface area contributed by atoms with Crippen LogP contribution in [0.25, 0.3) is 11.4 Å². The van der Waals surface area contributed by atoms with Gasteiger partial charge < -0.3 is 10.8 Å². The molecule has 0 radical (unpaired) electrons. The number of nitrogens with two attached hydrogens (primary N) is 1. The predicted molar refractivity (Wildman–Crippen MR) is 75.4 cm³/mol. The molecule has 2 aromatic rings. The Hall–Kier alpha value is -2.08. The van der Waals surface area contributed by atoms with Gasteiger partial charge in [-0.15, -0.1) is 11.8 Å². The van der Waals surface area contributed by atoms with Crippen LogP contribution < -0.4 is 5.73 Å². The highest BCUT2D eigenvalue weighted by molar-refractivity contribution is 7.98. The molecule has 6 heteroatoms. The molecule has 19 heavy (non-hydrogen) atoms. The second-order valence-corrected chi connectivity index (χ2v) is 4.81. The van der Waals surface area contributed by atoms with Gasteiger partial charge in [0.25, 0.3) is 0 Å². The minimum absolute atomic E-state index is 0.0102. The maximum Gasteiger partial charge on any atom is 0.341 e. The van der Waals surface area contributed by atoms with E-state index in [9.17, 15) is 4.79 Å². The molecule has 0 saturated heterocycles. The van der Waals surface area contributed by atoms with Gasteiger partial charge in [0.1, 0.15) is 11.4 Å². The van der Waals surface area contributed by atoms with Gasteiger partial charge in [-0.05, 0) is 25.3 Å². The number of nitrogen functional groups attached to an aromatic ring is 1. The molecular weight excluding hydrogens is 262 g/mol. The maximum absolute atomic E-state index is 11.0. The Labute approximate surface area is 114 Å². The summed E-state index contributed by atoms with van der Waals surface area (Å²) in [5, 5.41) is 9.01. The van der Waals surface area contributed by atoms with Crippen LogP contribution in [0, 0.1) is 6.92 Å². The van der Waals surface area contributed by atoms with Crippen molar-refractivity contribution in [3.63, 3.8) is 0 Å². The van der Waals surface area contributed by atoms with Crippen LogP contribution in [0.1, 0.15) is 16.1 Å². The van der Waals surface area contributed by atoms with E-state index < -0.39 is 5.97 Å². The van der Waals surface area contributed by atoms with Gasteiger partial charge in [-0.3, -0.25) is 0 Å². The minimum Gasteiger partial charge on any atom is -0.477 e. The number of nitrogens with zero attached hydrogens (tertiary/aromatic N) is 2. The van der Waals surface area contributed by atoms with Gasteiger partial charge in [0, 0.05) is 10.5 Å². The van der Waals surface area contributed by atoms with Crippen LogP contribution in [-0.2, 0) is 0 Å². The summed E-state index contributed by atoms with van der Waals surface area (Å²) < 4.78 is 0. The van der Waals surface area contributed by atoms with Crippen LogP contribution in [0.4, 0.5) is 5.82 Å². The number of carbonyl (C=O) groups is 1. The lowest BCUT2D eigenvalue weighted by Crippen LogP contribution is -2.10. The highest BCUT2D eigenvalue weighted by Crippen LogP contribution is 2.23. The summed E-state index contributed by atoms with van der Waals surface area (Å²) in [6.45, 7) is 1.61. The Morgan fingerprint density at radius 2 is 1.89 bits per heavy atom. The molecule has 0 bridgehead atoms. The average Bonchev–Trinajstić information content (AvgIpc) is 2.37. The number of aromatic carboxylic acids is 1. The lowest BCUT2D eigenvalue weighted by molar-refractivity contribution is 0.0696. The van der Waals surface area contributed by atoms with E-state index in [2.05, 4.69) is 9.97 Å². The molecule has 0 fully saturated rings. The first-order valence-electron chi connectivity index (χ1n) is 5.54. The van der Waals surface area contributed by atoms with Gasteiger partial charge in [-0.2, -0.15) is 0 Å². The third-order valence-corrected chi connectivity index (χ3v) is 3.42. The van der Waals surface area contributed by atoms with E-state index in [0.29, 0.717) is 11.5 Å². The SMILES string of the molecule is CSc1ccc(-c2nc(C)c(C(=O)O)c(N)n2)cc1. The first kappa shape index (κ1) is 13.4. The zero-order valence-corrected chi connectivity index (χ0v) is 11.4. The molecule has 0 unspecified atom stereocenters. The Morgan fingerprint density at radius 3 is 2.37 bits per heavy atom. The molecule has 0 spiro atoms. The third kappa shape index (κ3) is 2.68. The van der Waals surface area contributed by atoms with Crippen molar-refractivity contribution in [3.05, 3.63) is 35.5 Å². The van der Waals surface area contributed by atoms with Crippen molar-refractivity contribution in [3.8, 4) is 11.4 Å². The quantitative estimate of drug-likeness (QED) is 0.836. The van der Waals surface area contributed by atoms with Crippen molar-refractivity contribution in [2.24, 2.45) is 0 Å². The first-order chi connectivity index (χ1) is 9.02. The van der Waals surface area contributed by atoms with E-state index in [4.69, 9.17) is 10.8 Å². The van der Waals surface area contributed by atoms with E-state index in [1.54, 1.807) is 18.7 Å². The number of carboxylic acid groups (broad SMARTS) is 1. The number of aryl methyl sites for hydroxylation is 1. The van der Waals surface area contributed by atoms with Gasteiger partial charge in [0.2, 0.25) is 0 Å². The average molecular weight is 275 g/mol. The fourth-order valence-electron chi connectivity index (χ4n) is 1.73. The van der Waals surface area contributed by atoms with Crippen molar-refractivity contribution in [1.29, 1.82) is 0 Å². The molecule has 2 rings (SSSR count). The summed E-state index contributed by atoms with van der Waals surface area (Å²) in [5.41, 5.74) is 6.82. The summed E-state index contributed by atoms with van der Waals surface area (Å²) >= 11 is 1.64. The number of benzene rings is 1. The molecule has 0 atom stereocenters. The van der Waals surface area contributed by atoms with E-state index in [0.717, 1.165) is 10.5 Å². The van der Waals surface area contributed by atoms with Crippen LogP contribution in [0.3, 0.4) is 0 Å². The molecule has 0 saturated carbocycles.